The summed E-state index contributed by atoms with van der Waals surface area (Å²) in [7, 11) is 1.41. The zero-order valence-electron chi connectivity index (χ0n) is 15.7. The Hall–Kier alpha value is -2.34. The second-order valence-corrected chi connectivity index (χ2v) is 7.66. The zero-order chi connectivity index (χ0) is 18.9. The molecule has 140 valence electrons. The lowest BCUT2D eigenvalue weighted by atomic mass is 9.86. The van der Waals surface area contributed by atoms with Crippen molar-refractivity contribution < 1.29 is 19.1 Å². The second kappa shape index (κ2) is 7.11. The molecule has 0 saturated carbocycles. The molecule has 1 aliphatic rings. The maximum Gasteiger partial charge on any atom is 0.419 e. The smallest absolute Gasteiger partial charge is 0.419 e. The number of fused-ring (bicyclic) bond motifs is 1. The molecule has 1 fully saturated rings. The van der Waals surface area contributed by atoms with Crippen molar-refractivity contribution >= 4 is 23.0 Å². The average molecular weight is 358 g/mol. The van der Waals surface area contributed by atoms with E-state index >= 15 is 0 Å². The monoisotopic (exact) mass is 358 g/mol. The first-order chi connectivity index (χ1) is 12.3. The molecule has 1 aliphatic heterocycles. The van der Waals surface area contributed by atoms with Gasteiger partial charge in [-0.1, -0.05) is 18.2 Å². The Morgan fingerprint density at radius 1 is 1.23 bits per heavy atom. The number of carbonyl (C=O) groups excluding carboxylic acids is 2. The molecule has 0 radical (unpaired) electrons. The van der Waals surface area contributed by atoms with Crippen LogP contribution in [-0.4, -0.2) is 35.9 Å². The molecule has 1 N–H and O–H groups in total. The highest BCUT2D eigenvalue weighted by Gasteiger charge is 2.35. The lowest BCUT2D eigenvalue weighted by molar-refractivity contribution is -0.147. The molecule has 0 unspecified atom stereocenters. The highest BCUT2D eigenvalue weighted by atomic mass is 16.6. The summed E-state index contributed by atoms with van der Waals surface area (Å²) in [6, 6.07) is 7.49. The molecule has 2 heterocycles. The number of ether oxygens (including phenoxy) is 2. The molecular weight excluding hydrogens is 332 g/mol. The molecule has 0 spiro atoms. The predicted molar refractivity (Wildman–Crippen MR) is 99.1 cm³/mol. The van der Waals surface area contributed by atoms with Gasteiger partial charge in [0, 0.05) is 17.6 Å². The molecule has 6 nitrogen and oxygen atoms in total. The number of piperidine rings is 1. The minimum absolute atomic E-state index is 0.190. The summed E-state index contributed by atoms with van der Waals surface area (Å²) in [6.45, 7) is 6.35. The van der Waals surface area contributed by atoms with Gasteiger partial charge in [0.2, 0.25) is 0 Å². The maximum absolute atomic E-state index is 12.7. The molecule has 0 amide bonds. The van der Waals surface area contributed by atoms with Gasteiger partial charge in [-0.25, -0.2) is 4.79 Å². The normalized spacial score (nSPS) is 20.8. The van der Waals surface area contributed by atoms with Gasteiger partial charge in [-0.2, -0.15) is 0 Å². The van der Waals surface area contributed by atoms with Crippen LogP contribution in [0.15, 0.2) is 30.5 Å². The van der Waals surface area contributed by atoms with Crippen LogP contribution in [-0.2, 0) is 14.3 Å². The first-order valence-electron chi connectivity index (χ1n) is 8.96. The van der Waals surface area contributed by atoms with Crippen LogP contribution in [0.3, 0.4) is 0 Å². The largest absolute Gasteiger partial charge is 0.469 e. The van der Waals surface area contributed by atoms with Gasteiger partial charge >= 0.3 is 12.1 Å². The quantitative estimate of drug-likeness (QED) is 0.830. The van der Waals surface area contributed by atoms with Crippen LogP contribution in [0.1, 0.15) is 45.2 Å². The van der Waals surface area contributed by atoms with Crippen molar-refractivity contribution in [1.82, 2.24) is 9.88 Å². The molecule has 1 saturated heterocycles. The van der Waals surface area contributed by atoms with E-state index in [1.165, 1.54) is 11.7 Å². The maximum atomic E-state index is 12.7. The first-order valence-corrected chi connectivity index (χ1v) is 8.96. The summed E-state index contributed by atoms with van der Waals surface area (Å²) < 4.78 is 12.1. The third-order valence-corrected chi connectivity index (χ3v) is 4.63. The molecule has 3 rings (SSSR count). The number of carbonyl (C=O) groups is 2. The highest BCUT2D eigenvalue weighted by molar-refractivity contribution is 5.93. The number of methoxy groups -OCH3 is 1. The number of para-hydroxylation sites is 1. The van der Waals surface area contributed by atoms with Crippen molar-refractivity contribution in [2.24, 2.45) is 5.92 Å². The number of esters is 1. The lowest BCUT2D eigenvalue weighted by Gasteiger charge is -2.30. The number of hydrogen-bond donors (Lipinski definition) is 1. The third-order valence-electron chi connectivity index (χ3n) is 4.63. The molecule has 0 bridgehead atoms. The van der Waals surface area contributed by atoms with Crippen molar-refractivity contribution in [3.05, 3.63) is 36.0 Å². The Bertz CT molecular complexity index is 819. The van der Waals surface area contributed by atoms with Gasteiger partial charge in [-0.3, -0.25) is 9.36 Å². The van der Waals surface area contributed by atoms with E-state index in [2.05, 4.69) is 5.32 Å². The molecule has 0 aliphatic carbocycles. The third kappa shape index (κ3) is 3.60. The van der Waals surface area contributed by atoms with Gasteiger partial charge in [0.1, 0.15) is 5.60 Å². The molecular formula is C20H26N2O4. The van der Waals surface area contributed by atoms with Crippen molar-refractivity contribution in [3.8, 4) is 0 Å². The van der Waals surface area contributed by atoms with Crippen molar-refractivity contribution in [3.63, 3.8) is 0 Å². The van der Waals surface area contributed by atoms with Crippen molar-refractivity contribution in [1.29, 1.82) is 0 Å². The lowest BCUT2D eigenvalue weighted by Crippen LogP contribution is -2.38. The van der Waals surface area contributed by atoms with Crippen molar-refractivity contribution in [2.75, 3.05) is 13.7 Å². The topological polar surface area (TPSA) is 69.6 Å². The van der Waals surface area contributed by atoms with E-state index in [9.17, 15) is 9.59 Å². The van der Waals surface area contributed by atoms with E-state index in [1.807, 2.05) is 45.0 Å². The average Bonchev–Trinajstić information content (AvgIpc) is 2.99. The number of nitrogens with zero attached hydrogens (tertiary/aromatic N) is 1. The van der Waals surface area contributed by atoms with Crippen LogP contribution in [0.2, 0.25) is 0 Å². The summed E-state index contributed by atoms with van der Waals surface area (Å²) in [5.41, 5.74) is 1.11. The Morgan fingerprint density at radius 3 is 2.65 bits per heavy atom. The van der Waals surface area contributed by atoms with Crippen LogP contribution in [0.5, 0.6) is 0 Å². The summed E-state index contributed by atoms with van der Waals surface area (Å²) in [4.78, 5) is 24.9. The fourth-order valence-corrected chi connectivity index (χ4v) is 3.54. The fourth-order valence-electron chi connectivity index (χ4n) is 3.54. The SMILES string of the molecule is COC(=O)[C@@H]1CCCN[C@@H]1c1cn(C(=O)OC(C)(C)C)c2ccccc12. The highest BCUT2D eigenvalue weighted by Crippen LogP contribution is 2.35. The Balaban J connectivity index is 2.06. The van der Waals surface area contributed by atoms with Crippen LogP contribution in [0.4, 0.5) is 4.79 Å². The van der Waals surface area contributed by atoms with E-state index in [1.54, 1.807) is 6.20 Å². The van der Waals surface area contributed by atoms with Gasteiger partial charge in [0.05, 0.1) is 18.5 Å². The molecule has 6 heteroatoms. The van der Waals surface area contributed by atoms with E-state index in [0.717, 1.165) is 35.9 Å². The minimum Gasteiger partial charge on any atom is -0.469 e. The number of benzene rings is 1. The Morgan fingerprint density at radius 2 is 1.96 bits per heavy atom. The molecule has 1 aromatic carbocycles. The second-order valence-electron chi connectivity index (χ2n) is 7.66. The molecule has 2 aromatic rings. The van der Waals surface area contributed by atoms with Crippen molar-refractivity contribution in [2.45, 2.75) is 45.3 Å². The van der Waals surface area contributed by atoms with E-state index in [0.29, 0.717) is 0 Å². The fraction of sp³-hybridized carbons (Fsp3) is 0.500. The molecule has 1 aromatic heterocycles. The Labute approximate surface area is 153 Å². The summed E-state index contributed by atoms with van der Waals surface area (Å²) >= 11 is 0. The van der Waals surface area contributed by atoms with Gasteiger partial charge < -0.3 is 14.8 Å². The standard InChI is InChI=1S/C20H26N2O4/c1-20(2,3)26-19(24)22-12-15(13-8-5-6-10-16(13)22)17-14(18(23)25-4)9-7-11-21-17/h5-6,8,10,12,14,17,21H,7,9,11H2,1-4H3/t14-,17+/m1/s1. The summed E-state index contributed by atoms with van der Waals surface area (Å²) in [5.74, 6) is -0.497. The number of nitrogens with one attached hydrogen (secondary N) is 1. The van der Waals surface area contributed by atoms with Crippen LogP contribution in [0.25, 0.3) is 10.9 Å². The number of rotatable bonds is 2. The van der Waals surface area contributed by atoms with E-state index < -0.39 is 11.7 Å². The minimum atomic E-state index is -0.583. The van der Waals surface area contributed by atoms with Gasteiger partial charge in [0.25, 0.3) is 0 Å². The summed E-state index contributed by atoms with van der Waals surface area (Å²) in [6.07, 6.45) is 3.04. The van der Waals surface area contributed by atoms with Crippen LogP contribution in [0, 0.1) is 5.92 Å². The molecule has 2 atom stereocenters. The summed E-state index contributed by atoms with van der Waals surface area (Å²) in [5, 5.41) is 4.36. The van der Waals surface area contributed by atoms with Gasteiger partial charge in [-0.15, -0.1) is 0 Å². The first kappa shape index (κ1) is 18.5. The van der Waals surface area contributed by atoms with E-state index in [4.69, 9.17) is 9.47 Å². The number of hydrogen-bond acceptors (Lipinski definition) is 5. The van der Waals surface area contributed by atoms with Gasteiger partial charge in [0.15, 0.2) is 0 Å². The van der Waals surface area contributed by atoms with Gasteiger partial charge in [-0.05, 0) is 51.8 Å². The van der Waals surface area contributed by atoms with Crippen LogP contribution < -0.4 is 5.32 Å². The van der Waals surface area contributed by atoms with Crippen LogP contribution >= 0.6 is 0 Å². The predicted octanol–water partition coefficient (Wildman–Crippen LogP) is 3.64. The molecule has 26 heavy (non-hydrogen) atoms. The van der Waals surface area contributed by atoms with E-state index in [-0.39, 0.29) is 17.9 Å². The Kier molecular flexibility index (Phi) is 5.05. The zero-order valence-corrected chi connectivity index (χ0v) is 15.7. The number of aromatic nitrogens is 1.